The molecule has 2 rings (SSSR count). The fourth-order valence-corrected chi connectivity index (χ4v) is 2.63. The van der Waals surface area contributed by atoms with Gasteiger partial charge in [0.25, 0.3) is 0 Å². The van der Waals surface area contributed by atoms with Gasteiger partial charge in [-0.2, -0.15) is 0 Å². The van der Waals surface area contributed by atoms with E-state index in [1.54, 1.807) is 23.5 Å². The Morgan fingerprint density at radius 3 is 2.95 bits per heavy atom. The molecule has 0 aliphatic carbocycles. The Morgan fingerprint density at radius 1 is 1.53 bits per heavy atom. The number of nitrogen functional groups attached to an aromatic ring is 1. The Bertz CT molecular complexity index is 536. The number of nitrogens with two attached hydrogens (primary N) is 1. The smallest absolute Gasteiger partial charge is 0.300 e. The maximum absolute atomic E-state index is 11.3. The first kappa shape index (κ1) is 13.8. The van der Waals surface area contributed by atoms with Crippen molar-refractivity contribution in [3.05, 3.63) is 46.0 Å². The minimum atomic E-state index is -0.416. The molecule has 0 spiro atoms. The van der Waals surface area contributed by atoms with Crippen molar-refractivity contribution >= 4 is 17.2 Å². The molecular weight excluding hydrogens is 262 g/mol. The lowest BCUT2D eigenvalue weighted by Gasteiger charge is -2.22. The lowest BCUT2D eigenvalue weighted by Crippen LogP contribution is -2.29. The van der Waals surface area contributed by atoms with Crippen LogP contribution >= 0.6 is 11.3 Å². The molecule has 2 aromatic rings. The third-order valence-corrected chi connectivity index (χ3v) is 4.08. The van der Waals surface area contributed by atoms with Gasteiger partial charge in [0.15, 0.2) is 5.76 Å². The van der Waals surface area contributed by atoms with Crippen molar-refractivity contribution in [2.45, 2.75) is 19.5 Å². The number of nitrogens with one attached hydrogen (secondary N) is 1. The molecule has 2 aromatic heterocycles. The number of hydrogen-bond acceptors (Lipinski definition) is 5. The van der Waals surface area contributed by atoms with Gasteiger partial charge < -0.3 is 4.42 Å². The maximum atomic E-state index is 11.3. The number of carbonyl (C=O) groups is 1. The fraction of sp³-hybridized carbons (Fsp3) is 0.308. The van der Waals surface area contributed by atoms with Gasteiger partial charge in [-0.05, 0) is 37.6 Å². The van der Waals surface area contributed by atoms with Gasteiger partial charge in [-0.15, -0.1) is 11.3 Å². The molecule has 102 valence electrons. The van der Waals surface area contributed by atoms with Crippen LogP contribution in [0, 0.1) is 0 Å². The van der Waals surface area contributed by atoms with Crippen molar-refractivity contribution in [3.63, 3.8) is 0 Å². The van der Waals surface area contributed by atoms with E-state index in [1.165, 1.54) is 4.88 Å². The van der Waals surface area contributed by atoms with Crippen molar-refractivity contribution in [2.75, 3.05) is 7.05 Å². The minimum absolute atomic E-state index is 0.231. The summed E-state index contributed by atoms with van der Waals surface area (Å²) in [7, 11) is 2.02. The molecule has 1 atom stereocenters. The molecule has 0 saturated heterocycles. The van der Waals surface area contributed by atoms with Crippen molar-refractivity contribution in [2.24, 2.45) is 5.84 Å². The second kappa shape index (κ2) is 6.01. The van der Waals surface area contributed by atoms with Crippen LogP contribution in [-0.4, -0.2) is 17.9 Å². The Labute approximate surface area is 116 Å². The normalized spacial score (nSPS) is 12.6. The van der Waals surface area contributed by atoms with E-state index >= 15 is 0 Å². The lowest BCUT2D eigenvalue weighted by atomic mass is 10.2. The summed E-state index contributed by atoms with van der Waals surface area (Å²) in [6.45, 7) is 2.78. The first-order chi connectivity index (χ1) is 9.11. The molecule has 0 saturated carbocycles. The summed E-state index contributed by atoms with van der Waals surface area (Å²) < 4.78 is 5.44. The van der Waals surface area contributed by atoms with E-state index in [4.69, 9.17) is 10.3 Å². The molecule has 1 amide bonds. The van der Waals surface area contributed by atoms with Crippen molar-refractivity contribution < 1.29 is 9.21 Å². The zero-order chi connectivity index (χ0) is 13.8. The zero-order valence-corrected chi connectivity index (χ0v) is 11.7. The monoisotopic (exact) mass is 279 g/mol. The summed E-state index contributed by atoms with van der Waals surface area (Å²) in [6, 6.07) is 7.88. The molecule has 0 aromatic carbocycles. The van der Waals surface area contributed by atoms with Crippen LogP contribution in [0.25, 0.3) is 0 Å². The number of furan rings is 1. The van der Waals surface area contributed by atoms with Crippen LogP contribution < -0.4 is 11.3 Å². The van der Waals surface area contributed by atoms with Crippen LogP contribution in [0.1, 0.15) is 34.2 Å². The molecule has 0 aliphatic rings. The van der Waals surface area contributed by atoms with Gasteiger partial charge in [-0.1, -0.05) is 6.07 Å². The summed E-state index contributed by atoms with van der Waals surface area (Å²) in [4.78, 5) is 14.8. The predicted octanol–water partition coefficient (Wildman–Crippen LogP) is 2.14. The molecule has 0 aliphatic heterocycles. The van der Waals surface area contributed by atoms with E-state index in [-0.39, 0.29) is 5.76 Å². The van der Waals surface area contributed by atoms with Crippen LogP contribution in [-0.2, 0) is 6.54 Å². The first-order valence-electron chi connectivity index (χ1n) is 5.95. The van der Waals surface area contributed by atoms with Crippen LogP contribution in [0.5, 0.6) is 0 Å². The van der Waals surface area contributed by atoms with E-state index < -0.39 is 5.91 Å². The highest BCUT2D eigenvalue weighted by molar-refractivity contribution is 7.10. The van der Waals surface area contributed by atoms with Crippen molar-refractivity contribution in [1.29, 1.82) is 0 Å². The average Bonchev–Trinajstić information content (AvgIpc) is 3.07. The van der Waals surface area contributed by atoms with Crippen molar-refractivity contribution in [1.82, 2.24) is 10.3 Å². The van der Waals surface area contributed by atoms with Crippen LogP contribution in [0.15, 0.2) is 34.1 Å². The summed E-state index contributed by atoms with van der Waals surface area (Å²) >= 11 is 1.73. The van der Waals surface area contributed by atoms with Crippen molar-refractivity contribution in [3.8, 4) is 0 Å². The summed E-state index contributed by atoms with van der Waals surface area (Å²) in [5, 5.41) is 2.07. The summed E-state index contributed by atoms with van der Waals surface area (Å²) in [6.07, 6.45) is 0. The number of rotatable bonds is 5. The Morgan fingerprint density at radius 2 is 2.32 bits per heavy atom. The third-order valence-electron chi connectivity index (χ3n) is 3.04. The maximum Gasteiger partial charge on any atom is 0.300 e. The van der Waals surface area contributed by atoms with E-state index in [0.29, 0.717) is 12.6 Å². The third kappa shape index (κ3) is 3.23. The molecule has 2 heterocycles. The van der Waals surface area contributed by atoms with Gasteiger partial charge in [-0.25, -0.2) is 5.84 Å². The van der Waals surface area contributed by atoms with E-state index in [1.807, 2.05) is 18.5 Å². The largest absolute Gasteiger partial charge is 0.455 e. The molecule has 5 nitrogen and oxygen atoms in total. The number of hydrazine groups is 1. The van der Waals surface area contributed by atoms with Gasteiger partial charge in [0.1, 0.15) is 5.76 Å². The second-order valence-electron chi connectivity index (χ2n) is 4.35. The van der Waals surface area contributed by atoms with E-state index in [2.05, 4.69) is 23.3 Å². The number of thiophene rings is 1. The predicted molar refractivity (Wildman–Crippen MR) is 74.6 cm³/mol. The second-order valence-corrected chi connectivity index (χ2v) is 5.33. The summed E-state index contributed by atoms with van der Waals surface area (Å²) in [5.74, 6) is 5.61. The first-order valence-corrected chi connectivity index (χ1v) is 6.83. The Kier molecular flexibility index (Phi) is 4.36. The number of amides is 1. The molecule has 19 heavy (non-hydrogen) atoms. The highest BCUT2D eigenvalue weighted by Gasteiger charge is 2.15. The van der Waals surface area contributed by atoms with Crippen LogP contribution in [0.4, 0.5) is 0 Å². The fourth-order valence-electron chi connectivity index (χ4n) is 1.78. The van der Waals surface area contributed by atoms with Gasteiger partial charge in [-0.3, -0.25) is 15.1 Å². The molecule has 0 fully saturated rings. The number of carbonyl (C=O) groups excluding carboxylic acids is 1. The van der Waals surface area contributed by atoms with E-state index in [0.717, 1.165) is 5.76 Å². The molecule has 6 heteroatoms. The molecule has 0 bridgehead atoms. The number of nitrogens with zero attached hydrogens (tertiary/aromatic N) is 1. The van der Waals surface area contributed by atoms with Crippen LogP contribution in [0.3, 0.4) is 0 Å². The molecule has 3 N–H and O–H groups in total. The highest BCUT2D eigenvalue weighted by atomic mass is 32.1. The molecular formula is C13H17N3O2S. The SMILES string of the molecule is CC(c1cccs1)N(C)Cc1ccc(C(=O)NN)o1. The van der Waals surface area contributed by atoms with Gasteiger partial charge in [0, 0.05) is 10.9 Å². The summed E-state index contributed by atoms with van der Waals surface area (Å²) in [5.41, 5.74) is 2.05. The topological polar surface area (TPSA) is 71.5 Å². The lowest BCUT2D eigenvalue weighted by molar-refractivity contribution is 0.0922. The van der Waals surface area contributed by atoms with Gasteiger partial charge >= 0.3 is 5.91 Å². The van der Waals surface area contributed by atoms with Gasteiger partial charge in [0.2, 0.25) is 0 Å². The quantitative estimate of drug-likeness (QED) is 0.500. The molecule has 0 radical (unpaired) electrons. The molecule has 1 unspecified atom stereocenters. The van der Waals surface area contributed by atoms with E-state index in [9.17, 15) is 4.79 Å². The average molecular weight is 279 g/mol. The zero-order valence-electron chi connectivity index (χ0n) is 10.9. The Hall–Kier alpha value is -1.63. The minimum Gasteiger partial charge on any atom is -0.455 e. The van der Waals surface area contributed by atoms with Gasteiger partial charge in [0.05, 0.1) is 6.54 Å². The number of hydrogen-bond donors (Lipinski definition) is 2. The standard InChI is InChI=1S/C13H17N3O2S/c1-9(12-4-3-7-19-12)16(2)8-10-5-6-11(18-10)13(17)15-14/h3-7,9H,8,14H2,1-2H3,(H,15,17). The Balaban J connectivity index is 2.01. The van der Waals surface area contributed by atoms with Crippen LogP contribution in [0.2, 0.25) is 0 Å². The highest BCUT2D eigenvalue weighted by Crippen LogP contribution is 2.25.